The highest BCUT2D eigenvalue weighted by atomic mass is 35.5. The van der Waals surface area contributed by atoms with Gasteiger partial charge in [-0.2, -0.15) is 0 Å². The van der Waals surface area contributed by atoms with Gasteiger partial charge in [-0.3, -0.25) is 4.90 Å². The fourth-order valence-corrected chi connectivity index (χ4v) is 5.37. The molecule has 176 valence electrons. The van der Waals surface area contributed by atoms with Gasteiger partial charge in [0.15, 0.2) is 0 Å². The molecule has 2 aromatic carbocycles. The van der Waals surface area contributed by atoms with Crippen molar-refractivity contribution < 1.29 is 9.47 Å². The number of nitrogens with zero attached hydrogens (tertiary/aromatic N) is 2. The van der Waals surface area contributed by atoms with Gasteiger partial charge < -0.3 is 19.4 Å². The van der Waals surface area contributed by atoms with E-state index in [1.165, 1.54) is 22.2 Å². The molecule has 0 spiro atoms. The van der Waals surface area contributed by atoms with Crippen LogP contribution in [0.2, 0.25) is 5.02 Å². The summed E-state index contributed by atoms with van der Waals surface area (Å²) >= 11 is 6.28. The molecular weight excluding hydrogens is 434 g/mol. The molecule has 1 atom stereocenters. The molecule has 3 aromatic rings. The number of nitrogens with one attached hydrogen (secondary N) is 1. The second kappa shape index (κ2) is 10.1. The van der Waals surface area contributed by atoms with Gasteiger partial charge in [0.25, 0.3) is 0 Å². The Bertz CT molecular complexity index is 1070. The van der Waals surface area contributed by atoms with Crippen molar-refractivity contribution in [2.45, 2.75) is 37.8 Å². The molecule has 5 rings (SSSR count). The van der Waals surface area contributed by atoms with E-state index in [1.807, 2.05) is 6.07 Å². The molecular formula is C27H34ClN3O2. The fraction of sp³-hybridized carbons (Fsp3) is 0.481. The minimum absolute atomic E-state index is 0.205. The molecule has 1 unspecified atom stereocenters. The largest absolute Gasteiger partial charge is 0.494 e. The second-order valence-corrected chi connectivity index (χ2v) is 9.92. The maximum Gasteiger partial charge on any atom is 0.119 e. The molecule has 1 aromatic heterocycles. The SMILES string of the molecule is CN1CCC(OCCCOc2ccc(C3c4[nH]c5ccc(Cl)cc5c4CCN3C)cc2)CC1. The third kappa shape index (κ3) is 5.07. The molecule has 2 aliphatic rings. The molecule has 33 heavy (non-hydrogen) atoms. The predicted octanol–water partition coefficient (Wildman–Crippen LogP) is 5.28. The Kier molecular flexibility index (Phi) is 6.93. The van der Waals surface area contributed by atoms with E-state index in [1.54, 1.807) is 0 Å². The van der Waals surface area contributed by atoms with Crippen LogP contribution in [0.25, 0.3) is 10.9 Å². The lowest BCUT2D eigenvalue weighted by atomic mass is 9.93. The van der Waals surface area contributed by atoms with Crippen LogP contribution < -0.4 is 4.74 Å². The zero-order chi connectivity index (χ0) is 22.8. The number of halogens is 1. The number of aromatic amines is 1. The highest BCUT2D eigenvalue weighted by Gasteiger charge is 2.29. The number of fused-ring (bicyclic) bond motifs is 3. The number of likely N-dealkylation sites (tertiary alicyclic amines) is 1. The number of likely N-dealkylation sites (N-methyl/N-ethyl adjacent to an activating group) is 1. The first kappa shape index (κ1) is 22.7. The number of benzene rings is 2. The van der Waals surface area contributed by atoms with Gasteiger partial charge in [-0.25, -0.2) is 0 Å². The summed E-state index contributed by atoms with van der Waals surface area (Å²) in [6.07, 6.45) is 4.64. The van der Waals surface area contributed by atoms with E-state index >= 15 is 0 Å². The van der Waals surface area contributed by atoms with E-state index in [0.29, 0.717) is 12.7 Å². The highest BCUT2D eigenvalue weighted by molar-refractivity contribution is 6.31. The van der Waals surface area contributed by atoms with Crippen LogP contribution in [0.1, 0.15) is 42.1 Å². The van der Waals surface area contributed by atoms with Crippen molar-refractivity contribution in [2.24, 2.45) is 0 Å². The normalized spacial score (nSPS) is 20.3. The summed E-state index contributed by atoms with van der Waals surface area (Å²) < 4.78 is 12.0. The summed E-state index contributed by atoms with van der Waals surface area (Å²) in [5.74, 6) is 0.917. The fourth-order valence-electron chi connectivity index (χ4n) is 5.20. The summed E-state index contributed by atoms with van der Waals surface area (Å²) in [5.41, 5.74) is 5.10. The monoisotopic (exact) mass is 467 g/mol. The van der Waals surface area contributed by atoms with Crippen molar-refractivity contribution in [1.29, 1.82) is 0 Å². The van der Waals surface area contributed by atoms with Crippen LogP contribution in [0, 0.1) is 0 Å². The molecule has 5 nitrogen and oxygen atoms in total. The maximum atomic E-state index is 6.28. The number of aromatic nitrogens is 1. The van der Waals surface area contributed by atoms with Gasteiger partial charge in [0.1, 0.15) is 5.75 Å². The first-order valence-electron chi connectivity index (χ1n) is 12.1. The van der Waals surface area contributed by atoms with Crippen molar-refractivity contribution in [3.63, 3.8) is 0 Å². The third-order valence-electron chi connectivity index (χ3n) is 7.10. The summed E-state index contributed by atoms with van der Waals surface area (Å²) in [7, 11) is 4.37. The van der Waals surface area contributed by atoms with Crippen LogP contribution in [-0.2, 0) is 11.2 Å². The molecule has 0 bridgehead atoms. The van der Waals surface area contributed by atoms with Crippen molar-refractivity contribution in [1.82, 2.24) is 14.8 Å². The quantitative estimate of drug-likeness (QED) is 0.480. The molecule has 0 amide bonds. The lowest BCUT2D eigenvalue weighted by Crippen LogP contribution is -2.34. The number of rotatable bonds is 7. The highest BCUT2D eigenvalue weighted by Crippen LogP contribution is 2.38. The van der Waals surface area contributed by atoms with Gasteiger partial charge in [0, 0.05) is 47.7 Å². The smallest absolute Gasteiger partial charge is 0.119 e. The number of hydrogen-bond acceptors (Lipinski definition) is 4. The number of H-pyrrole nitrogens is 1. The predicted molar refractivity (Wildman–Crippen MR) is 135 cm³/mol. The van der Waals surface area contributed by atoms with Crippen molar-refractivity contribution in [3.8, 4) is 5.75 Å². The third-order valence-corrected chi connectivity index (χ3v) is 7.34. The van der Waals surface area contributed by atoms with Gasteiger partial charge >= 0.3 is 0 Å². The van der Waals surface area contributed by atoms with Gasteiger partial charge in [-0.15, -0.1) is 0 Å². The van der Waals surface area contributed by atoms with E-state index < -0.39 is 0 Å². The van der Waals surface area contributed by atoms with Gasteiger partial charge in [-0.1, -0.05) is 23.7 Å². The van der Waals surface area contributed by atoms with Crippen molar-refractivity contribution >= 4 is 22.5 Å². The Morgan fingerprint density at radius 3 is 2.58 bits per heavy atom. The Morgan fingerprint density at radius 2 is 1.79 bits per heavy atom. The first-order chi connectivity index (χ1) is 16.1. The molecule has 1 saturated heterocycles. The Morgan fingerprint density at radius 1 is 1.00 bits per heavy atom. The van der Waals surface area contributed by atoms with Crippen molar-refractivity contribution in [3.05, 3.63) is 64.3 Å². The average Bonchev–Trinajstić information content (AvgIpc) is 3.18. The second-order valence-electron chi connectivity index (χ2n) is 9.48. The van der Waals surface area contributed by atoms with E-state index in [9.17, 15) is 0 Å². The van der Waals surface area contributed by atoms with Crippen LogP contribution in [0.3, 0.4) is 0 Å². The molecule has 3 heterocycles. The minimum Gasteiger partial charge on any atom is -0.494 e. The summed E-state index contributed by atoms with van der Waals surface area (Å²) in [6, 6.07) is 14.9. The molecule has 1 fully saturated rings. The summed E-state index contributed by atoms with van der Waals surface area (Å²) in [4.78, 5) is 8.45. The molecule has 0 radical (unpaired) electrons. The van der Waals surface area contributed by atoms with E-state index in [4.69, 9.17) is 21.1 Å². The van der Waals surface area contributed by atoms with Crippen molar-refractivity contribution in [2.75, 3.05) is 46.9 Å². The van der Waals surface area contributed by atoms with E-state index in [-0.39, 0.29) is 6.04 Å². The summed E-state index contributed by atoms with van der Waals surface area (Å²) in [5, 5.41) is 2.04. The number of ether oxygens (including phenoxy) is 2. The maximum absolute atomic E-state index is 6.28. The van der Waals surface area contributed by atoms with Crippen LogP contribution in [0.5, 0.6) is 5.75 Å². The van der Waals surface area contributed by atoms with Gasteiger partial charge in [-0.05, 0) is 74.8 Å². The summed E-state index contributed by atoms with van der Waals surface area (Å²) in [6.45, 7) is 4.75. The Labute approximate surface area is 201 Å². The van der Waals surface area contributed by atoms with Crippen LogP contribution in [0.15, 0.2) is 42.5 Å². The zero-order valence-corrected chi connectivity index (χ0v) is 20.4. The average molecular weight is 468 g/mol. The van der Waals surface area contributed by atoms with Gasteiger partial charge in [0.2, 0.25) is 0 Å². The number of piperidine rings is 1. The Balaban J connectivity index is 1.19. The Hall–Kier alpha value is -2.05. The van der Waals surface area contributed by atoms with Crippen LogP contribution in [-0.4, -0.2) is 67.8 Å². The first-order valence-corrected chi connectivity index (χ1v) is 12.5. The topological polar surface area (TPSA) is 40.7 Å². The zero-order valence-electron chi connectivity index (χ0n) is 19.6. The molecule has 0 saturated carbocycles. The van der Waals surface area contributed by atoms with Gasteiger partial charge in [0.05, 0.1) is 25.4 Å². The lowest BCUT2D eigenvalue weighted by Gasteiger charge is -2.33. The molecule has 2 aliphatic heterocycles. The van der Waals surface area contributed by atoms with E-state index in [2.05, 4.69) is 65.3 Å². The lowest BCUT2D eigenvalue weighted by molar-refractivity contribution is 0.00784. The molecule has 6 heteroatoms. The van der Waals surface area contributed by atoms with Crippen LogP contribution in [0.4, 0.5) is 0 Å². The van der Waals surface area contributed by atoms with Crippen LogP contribution >= 0.6 is 11.6 Å². The molecule has 1 N–H and O–H groups in total. The molecule has 0 aliphatic carbocycles. The minimum atomic E-state index is 0.205. The number of hydrogen-bond donors (Lipinski definition) is 1. The standard InChI is InChI=1S/C27H34ClN3O2/c1-30-13-10-22(11-14-30)33-17-3-16-32-21-7-4-19(5-8-21)27-26-23(12-15-31(27)2)24-18-20(28)6-9-25(24)29-26/h4-9,18,22,27,29H,3,10-17H2,1-2H3. The van der Waals surface area contributed by atoms with E-state index in [0.717, 1.165) is 68.2 Å².